The summed E-state index contributed by atoms with van der Waals surface area (Å²) in [7, 11) is 1.60. The number of furan rings is 1. The summed E-state index contributed by atoms with van der Waals surface area (Å²) in [5, 5.41) is 3.53. The number of methoxy groups -OCH3 is 1. The Morgan fingerprint density at radius 2 is 2.08 bits per heavy atom. The highest BCUT2D eigenvalue weighted by molar-refractivity contribution is 6.07. The molecule has 0 aliphatic carbocycles. The van der Waals surface area contributed by atoms with Crippen molar-refractivity contribution in [2.75, 3.05) is 23.9 Å². The Kier molecular flexibility index (Phi) is 4.62. The van der Waals surface area contributed by atoms with Crippen LogP contribution in [0.2, 0.25) is 0 Å². The maximum absolute atomic E-state index is 13.0. The van der Waals surface area contributed by atoms with Crippen LogP contribution in [-0.2, 0) is 11.3 Å². The molecule has 0 spiro atoms. The Balaban J connectivity index is 1.97. The minimum absolute atomic E-state index is 0.109. The van der Waals surface area contributed by atoms with E-state index in [2.05, 4.69) is 38.2 Å². The number of benzene rings is 1. The van der Waals surface area contributed by atoms with E-state index in [1.165, 1.54) is 11.1 Å². The van der Waals surface area contributed by atoms with Gasteiger partial charge in [0, 0.05) is 19.7 Å². The van der Waals surface area contributed by atoms with Crippen molar-refractivity contribution in [3.05, 3.63) is 46.9 Å². The lowest BCUT2D eigenvalue weighted by atomic mass is 10.0. The van der Waals surface area contributed by atoms with E-state index in [4.69, 9.17) is 9.15 Å². The molecule has 3 rings (SSSR count). The van der Waals surface area contributed by atoms with Crippen LogP contribution in [0.1, 0.15) is 40.8 Å². The maximum Gasteiger partial charge on any atom is 0.294 e. The lowest BCUT2D eigenvalue weighted by molar-refractivity contribution is 0.0949. The zero-order chi connectivity index (χ0) is 17.3. The molecule has 1 N–H and O–H groups in total. The fraction of sp³-hybridized carbons (Fsp3) is 0.421. The number of anilines is 2. The molecule has 1 unspecified atom stereocenters. The lowest BCUT2D eigenvalue weighted by Gasteiger charge is -2.35. The number of hydrogen-bond donors (Lipinski definition) is 1. The van der Waals surface area contributed by atoms with Gasteiger partial charge in [0.15, 0.2) is 5.76 Å². The van der Waals surface area contributed by atoms with E-state index < -0.39 is 0 Å². The molecule has 0 fully saturated rings. The molecular weight excluding hydrogens is 304 g/mol. The van der Waals surface area contributed by atoms with E-state index in [9.17, 15) is 4.79 Å². The molecule has 1 aromatic heterocycles. The van der Waals surface area contributed by atoms with Gasteiger partial charge >= 0.3 is 0 Å². The third-order valence-electron chi connectivity index (χ3n) is 4.56. The fourth-order valence-electron chi connectivity index (χ4n) is 2.99. The molecule has 1 aliphatic rings. The van der Waals surface area contributed by atoms with Crippen molar-refractivity contribution in [3.63, 3.8) is 0 Å². The van der Waals surface area contributed by atoms with Gasteiger partial charge in [0.1, 0.15) is 12.4 Å². The predicted octanol–water partition coefficient (Wildman–Crippen LogP) is 3.89. The van der Waals surface area contributed by atoms with Gasteiger partial charge in [-0.25, -0.2) is 0 Å². The van der Waals surface area contributed by atoms with Crippen molar-refractivity contribution in [1.29, 1.82) is 0 Å². The van der Waals surface area contributed by atoms with Gasteiger partial charge in [-0.15, -0.1) is 0 Å². The Labute approximate surface area is 142 Å². The largest absolute Gasteiger partial charge is 0.453 e. The Hall–Kier alpha value is -2.27. The molecule has 5 nitrogen and oxygen atoms in total. The normalized spacial score (nSPS) is 16.7. The SMILES string of the molecule is CCC1CN(C(=O)c2ccc(COC)o2)c2cc(C)c(C)cc2N1. The van der Waals surface area contributed by atoms with Crippen LogP contribution in [-0.4, -0.2) is 25.6 Å². The second-order valence-corrected chi connectivity index (χ2v) is 6.32. The summed E-state index contributed by atoms with van der Waals surface area (Å²) in [4.78, 5) is 14.8. The molecule has 1 aliphatic heterocycles. The van der Waals surface area contributed by atoms with Gasteiger partial charge in [-0.2, -0.15) is 0 Å². The maximum atomic E-state index is 13.0. The number of carbonyl (C=O) groups is 1. The van der Waals surface area contributed by atoms with Crippen LogP contribution in [0.4, 0.5) is 11.4 Å². The van der Waals surface area contributed by atoms with E-state index >= 15 is 0 Å². The average Bonchev–Trinajstić information content (AvgIpc) is 3.03. The molecule has 0 radical (unpaired) electrons. The predicted molar refractivity (Wildman–Crippen MR) is 94.7 cm³/mol. The van der Waals surface area contributed by atoms with Crippen LogP contribution in [0.25, 0.3) is 0 Å². The van der Waals surface area contributed by atoms with Gasteiger partial charge in [-0.05, 0) is 55.7 Å². The molecule has 1 aromatic carbocycles. The minimum Gasteiger partial charge on any atom is -0.453 e. The first-order valence-electron chi connectivity index (χ1n) is 8.30. The number of fused-ring (bicyclic) bond motifs is 1. The van der Waals surface area contributed by atoms with E-state index in [-0.39, 0.29) is 11.9 Å². The van der Waals surface area contributed by atoms with Crippen LogP contribution in [0.15, 0.2) is 28.7 Å². The molecule has 2 heterocycles. The molecule has 24 heavy (non-hydrogen) atoms. The number of carbonyl (C=O) groups excluding carboxylic acids is 1. The second-order valence-electron chi connectivity index (χ2n) is 6.32. The summed E-state index contributed by atoms with van der Waals surface area (Å²) < 4.78 is 10.7. The molecule has 1 amide bonds. The first kappa shape index (κ1) is 16.6. The average molecular weight is 328 g/mol. The van der Waals surface area contributed by atoms with Crippen LogP contribution in [0.5, 0.6) is 0 Å². The van der Waals surface area contributed by atoms with Crippen LogP contribution >= 0.6 is 0 Å². The van der Waals surface area contributed by atoms with Crippen molar-refractivity contribution in [1.82, 2.24) is 0 Å². The van der Waals surface area contributed by atoms with Crippen molar-refractivity contribution in [2.45, 2.75) is 39.8 Å². The van der Waals surface area contributed by atoms with Crippen molar-refractivity contribution in [2.24, 2.45) is 0 Å². The first-order valence-corrected chi connectivity index (χ1v) is 8.30. The lowest BCUT2D eigenvalue weighted by Crippen LogP contribution is -2.44. The first-order chi connectivity index (χ1) is 11.5. The summed E-state index contributed by atoms with van der Waals surface area (Å²) in [6.07, 6.45) is 0.948. The van der Waals surface area contributed by atoms with Crippen LogP contribution in [0, 0.1) is 13.8 Å². The Morgan fingerprint density at radius 3 is 2.79 bits per heavy atom. The number of nitrogens with zero attached hydrogens (tertiary/aromatic N) is 1. The molecular formula is C19H24N2O3. The monoisotopic (exact) mass is 328 g/mol. The van der Waals surface area contributed by atoms with E-state index in [1.807, 2.05) is 4.90 Å². The van der Waals surface area contributed by atoms with Gasteiger partial charge in [0.25, 0.3) is 5.91 Å². The standard InChI is InChI=1S/C19H24N2O3/c1-5-14-10-21(17-9-13(3)12(2)8-16(17)20-14)19(22)18-7-6-15(24-18)11-23-4/h6-9,14,20H,5,10-11H2,1-4H3. The molecule has 2 aromatic rings. The zero-order valence-electron chi connectivity index (χ0n) is 14.7. The number of hydrogen-bond acceptors (Lipinski definition) is 4. The second kappa shape index (κ2) is 6.69. The number of aryl methyl sites for hydroxylation is 2. The summed E-state index contributed by atoms with van der Waals surface area (Å²) in [5.74, 6) is 0.896. The van der Waals surface area contributed by atoms with Gasteiger partial charge in [0.2, 0.25) is 0 Å². The van der Waals surface area contributed by atoms with Crippen LogP contribution in [0.3, 0.4) is 0 Å². The summed E-state index contributed by atoms with van der Waals surface area (Å²) in [6.45, 7) is 7.26. The molecule has 0 bridgehead atoms. The highest BCUT2D eigenvalue weighted by atomic mass is 16.5. The Bertz CT molecular complexity index is 751. The molecule has 0 saturated carbocycles. The molecule has 128 valence electrons. The Morgan fingerprint density at radius 1 is 1.33 bits per heavy atom. The topological polar surface area (TPSA) is 54.7 Å². The van der Waals surface area contributed by atoms with Crippen molar-refractivity contribution >= 4 is 17.3 Å². The molecule has 5 heteroatoms. The number of amides is 1. The smallest absolute Gasteiger partial charge is 0.294 e. The molecule has 0 saturated heterocycles. The van der Waals surface area contributed by atoms with Gasteiger partial charge in [-0.3, -0.25) is 4.79 Å². The van der Waals surface area contributed by atoms with E-state index in [0.717, 1.165) is 17.8 Å². The third-order valence-corrected chi connectivity index (χ3v) is 4.56. The van der Waals surface area contributed by atoms with Crippen LogP contribution < -0.4 is 10.2 Å². The highest BCUT2D eigenvalue weighted by Gasteiger charge is 2.30. The van der Waals surface area contributed by atoms with Gasteiger partial charge in [0.05, 0.1) is 11.4 Å². The number of rotatable bonds is 4. The summed E-state index contributed by atoms with van der Waals surface area (Å²) in [6, 6.07) is 7.93. The van der Waals surface area contributed by atoms with Gasteiger partial charge < -0.3 is 19.4 Å². The van der Waals surface area contributed by atoms with Crippen molar-refractivity contribution in [3.8, 4) is 0 Å². The zero-order valence-corrected chi connectivity index (χ0v) is 14.7. The third kappa shape index (κ3) is 3.04. The minimum atomic E-state index is -0.109. The van der Waals surface area contributed by atoms with E-state index in [1.54, 1.807) is 19.2 Å². The molecule has 1 atom stereocenters. The number of ether oxygens (including phenoxy) is 1. The van der Waals surface area contributed by atoms with E-state index in [0.29, 0.717) is 24.7 Å². The fourth-order valence-corrected chi connectivity index (χ4v) is 2.99. The quantitative estimate of drug-likeness (QED) is 0.925. The summed E-state index contributed by atoms with van der Waals surface area (Å²) in [5.41, 5.74) is 4.30. The highest BCUT2D eigenvalue weighted by Crippen LogP contribution is 2.35. The summed E-state index contributed by atoms with van der Waals surface area (Å²) >= 11 is 0. The number of nitrogens with one attached hydrogen (secondary N) is 1. The van der Waals surface area contributed by atoms with Crippen molar-refractivity contribution < 1.29 is 13.9 Å². The van der Waals surface area contributed by atoms with Gasteiger partial charge in [-0.1, -0.05) is 6.92 Å².